The molecule has 3 nitrogen and oxygen atoms in total. The Morgan fingerprint density at radius 3 is 3.13 bits per heavy atom. The summed E-state index contributed by atoms with van der Waals surface area (Å²) in [6, 6.07) is 8.39. The first kappa shape index (κ1) is 9.06. The van der Waals surface area contributed by atoms with Gasteiger partial charge in [-0.3, -0.25) is 0 Å². The largest absolute Gasteiger partial charge is 0.402 e. The molecule has 0 atom stereocenters. The third kappa shape index (κ3) is 1.39. The maximum Gasteiger partial charge on any atom is 0.402 e. The second-order valence-electron chi connectivity index (χ2n) is 3.19. The predicted molar refractivity (Wildman–Crippen MR) is 64.8 cm³/mol. The standard InChI is InChI=1S/C10H9N3S2/c1-2-11-9-12-10-13(15-9)7-5-3-4-6-8(7)14-10/h3-6H,2H2,1H3/p+1. The minimum Gasteiger partial charge on any atom is -0.338 e. The molecule has 0 aliphatic carbocycles. The lowest BCUT2D eigenvalue weighted by Gasteiger charge is -1.86. The van der Waals surface area contributed by atoms with Crippen LogP contribution in [0.5, 0.6) is 0 Å². The monoisotopic (exact) mass is 236 g/mol. The van der Waals surface area contributed by atoms with Crippen molar-refractivity contribution in [1.82, 2.24) is 4.98 Å². The molecule has 1 N–H and O–H groups in total. The molecule has 0 aliphatic rings. The maximum atomic E-state index is 4.53. The van der Waals surface area contributed by atoms with Crippen molar-refractivity contribution in [2.45, 2.75) is 6.92 Å². The molecule has 76 valence electrons. The smallest absolute Gasteiger partial charge is 0.338 e. The van der Waals surface area contributed by atoms with Crippen LogP contribution in [0.15, 0.2) is 24.3 Å². The van der Waals surface area contributed by atoms with Gasteiger partial charge in [0.05, 0.1) is 4.70 Å². The summed E-state index contributed by atoms with van der Waals surface area (Å²) in [5, 5.41) is 4.24. The number of fused-ring (bicyclic) bond motifs is 3. The molecule has 0 spiro atoms. The Labute approximate surface area is 95.2 Å². The number of hydrogen-bond acceptors (Lipinski definition) is 4. The Kier molecular flexibility index (Phi) is 2.07. The maximum absolute atomic E-state index is 4.53. The van der Waals surface area contributed by atoms with Crippen molar-refractivity contribution in [1.29, 1.82) is 0 Å². The summed E-state index contributed by atoms with van der Waals surface area (Å²) in [6.45, 7) is 3.00. The van der Waals surface area contributed by atoms with Crippen molar-refractivity contribution in [3.8, 4) is 0 Å². The summed E-state index contributed by atoms with van der Waals surface area (Å²) in [4.78, 5) is 5.60. The summed E-state index contributed by atoms with van der Waals surface area (Å²) in [5.74, 6) is 0. The molecular formula is C10H10N3S2+. The number of anilines is 1. The molecule has 0 bridgehead atoms. The van der Waals surface area contributed by atoms with Gasteiger partial charge in [0.15, 0.2) is 5.52 Å². The van der Waals surface area contributed by atoms with E-state index in [1.165, 1.54) is 10.2 Å². The van der Waals surface area contributed by atoms with Gasteiger partial charge >= 0.3 is 10.1 Å². The molecule has 0 saturated carbocycles. The summed E-state index contributed by atoms with van der Waals surface area (Å²) >= 11 is 3.39. The Morgan fingerprint density at radius 2 is 2.27 bits per heavy atom. The zero-order valence-electron chi connectivity index (χ0n) is 8.23. The number of nitrogens with one attached hydrogen (secondary N) is 1. The highest BCUT2D eigenvalue weighted by molar-refractivity contribution is 7.24. The second kappa shape index (κ2) is 3.43. The van der Waals surface area contributed by atoms with Gasteiger partial charge < -0.3 is 5.32 Å². The molecule has 5 heteroatoms. The van der Waals surface area contributed by atoms with E-state index in [4.69, 9.17) is 0 Å². The fourth-order valence-electron chi connectivity index (χ4n) is 1.53. The number of benzene rings is 1. The number of aromatic nitrogens is 2. The van der Waals surface area contributed by atoms with Gasteiger partial charge in [-0.05, 0) is 30.4 Å². The first-order valence-electron chi connectivity index (χ1n) is 4.83. The molecule has 3 rings (SSSR count). The van der Waals surface area contributed by atoms with Gasteiger partial charge in [-0.1, -0.05) is 12.1 Å². The third-order valence-corrected chi connectivity index (χ3v) is 4.26. The Balaban J connectivity index is 2.28. The van der Waals surface area contributed by atoms with Crippen molar-refractivity contribution >= 4 is 43.2 Å². The Hall–Kier alpha value is -1.20. The lowest BCUT2D eigenvalue weighted by atomic mass is 10.3. The van der Waals surface area contributed by atoms with Crippen LogP contribution in [0.4, 0.5) is 5.13 Å². The molecule has 0 amide bonds. The normalized spacial score (nSPS) is 11.3. The van der Waals surface area contributed by atoms with E-state index >= 15 is 0 Å². The highest BCUT2D eigenvalue weighted by atomic mass is 32.1. The lowest BCUT2D eigenvalue weighted by Crippen LogP contribution is -2.10. The van der Waals surface area contributed by atoms with Crippen LogP contribution in [0.3, 0.4) is 0 Å². The first-order valence-corrected chi connectivity index (χ1v) is 6.42. The van der Waals surface area contributed by atoms with Crippen molar-refractivity contribution in [3.05, 3.63) is 24.3 Å². The Morgan fingerprint density at radius 1 is 1.40 bits per heavy atom. The van der Waals surface area contributed by atoms with Gasteiger partial charge in [0.2, 0.25) is 0 Å². The van der Waals surface area contributed by atoms with Crippen LogP contribution in [-0.4, -0.2) is 11.5 Å². The fraction of sp³-hybridized carbons (Fsp3) is 0.200. The van der Waals surface area contributed by atoms with Crippen LogP contribution in [0.2, 0.25) is 0 Å². The van der Waals surface area contributed by atoms with E-state index in [0.717, 1.165) is 16.6 Å². The van der Waals surface area contributed by atoms with E-state index in [-0.39, 0.29) is 0 Å². The van der Waals surface area contributed by atoms with E-state index in [0.29, 0.717) is 0 Å². The van der Waals surface area contributed by atoms with Crippen LogP contribution in [0, 0.1) is 0 Å². The van der Waals surface area contributed by atoms with Crippen LogP contribution < -0.4 is 9.11 Å². The quantitative estimate of drug-likeness (QED) is 0.693. The van der Waals surface area contributed by atoms with Gasteiger partial charge in [-0.25, -0.2) is 0 Å². The molecule has 15 heavy (non-hydrogen) atoms. The lowest BCUT2D eigenvalue weighted by molar-refractivity contribution is -0.396. The molecule has 3 aromatic rings. The predicted octanol–water partition coefficient (Wildman–Crippen LogP) is 2.53. The van der Waals surface area contributed by atoms with Gasteiger partial charge in [0.1, 0.15) is 11.5 Å². The molecule has 0 radical (unpaired) electrons. The van der Waals surface area contributed by atoms with E-state index in [1.54, 1.807) is 22.9 Å². The highest BCUT2D eigenvalue weighted by Crippen LogP contribution is 2.23. The van der Waals surface area contributed by atoms with Crippen LogP contribution in [0.1, 0.15) is 6.92 Å². The van der Waals surface area contributed by atoms with Crippen LogP contribution >= 0.6 is 22.9 Å². The SMILES string of the molecule is CCNc1nc2sc3ccccc3[n+]2s1. The molecule has 0 saturated heterocycles. The summed E-state index contributed by atoms with van der Waals surface area (Å²) in [5.41, 5.74) is 1.25. The number of hydrogen-bond donors (Lipinski definition) is 1. The molecule has 0 unspecified atom stereocenters. The van der Waals surface area contributed by atoms with Crippen LogP contribution in [0.25, 0.3) is 15.2 Å². The van der Waals surface area contributed by atoms with Gasteiger partial charge in [-0.15, -0.1) is 3.79 Å². The van der Waals surface area contributed by atoms with Gasteiger partial charge in [0.25, 0.3) is 0 Å². The van der Waals surface area contributed by atoms with E-state index in [2.05, 4.69) is 45.3 Å². The van der Waals surface area contributed by atoms with Crippen molar-refractivity contribution < 1.29 is 3.79 Å². The molecule has 1 aromatic carbocycles. The minimum atomic E-state index is 0.916. The zero-order chi connectivity index (χ0) is 10.3. The second-order valence-corrected chi connectivity index (χ2v) is 5.13. The van der Waals surface area contributed by atoms with E-state index in [1.807, 2.05) is 0 Å². The number of rotatable bonds is 2. The highest BCUT2D eigenvalue weighted by Gasteiger charge is 2.19. The summed E-state index contributed by atoms with van der Waals surface area (Å²) < 4.78 is 3.47. The van der Waals surface area contributed by atoms with Gasteiger partial charge in [0, 0.05) is 11.5 Å². The molecule has 2 aromatic heterocycles. The average Bonchev–Trinajstić information content (AvgIpc) is 2.75. The molecule has 0 aliphatic heterocycles. The van der Waals surface area contributed by atoms with Crippen molar-refractivity contribution in [2.24, 2.45) is 0 Å². The molecule has 2 heterocycles. The fourth-order valence-corrected chi connectivity index (χ4v) is 3.68. The van der Waals surface area contributed by atoms with Gasteiger partial charge in [-0.2, -0.15) is 0 Å². The summed E-state index contributed by atoms with van der Waals surface area (Å²) in [7, 11) is 0. The van der Waals surface area contributed by atoms with Crippen LogP contribution in [-0.2, 0) is 0 Å². The number of thiazole rings is 1. The van der Waals surface area contributed by atoms with Crippen molar-refractivity contribution in [3.63, 3.8) is 0 Å². The first-order chi connectivity index (χ1) is 7.38. The third-order valence-electron chi connectivity index (χ3n) is 2.16. The Bertz CT molecular complexity index is 611. The van der Waals surface area contributed by atoms with Crippen molar-refractivity contribution in [2.75, 3.05) is 11.9 Å². The van der Waals surface area contributed by atoms with E-state index < -0.39 is 0 Å². The van der Waals surface area contributed by atoms with E-state index in [9.17, 15) is 0 Å². The topological polar surface area (TPSA) is 29.0 Å². The minimum absolute atomic E-state index is 0.916. The zero-order valence-corrected chi connectivity index (χ0v) is 9.86. The average molecular weight is 236 g/mol. The number of nitrogens with zero attached hydrogens (tertiary/aromatic N) is 2. The molecular weight excluding hydrogens is 226 g/mol. The summed E-state index contributed by atoms with van der Waals surface area (Å²) in [6.07, 6.45) is 0. The molecule has 0 fully saturated rings. The number of para-hydroxylation sites is 1.